The number of carbonyl (C=O) groups is 1. The molecule has 1 saturated heterocycles. The number of hydrogen-bond acceptors (Lipinski definition) is 5. The van der Waals surface area contributed by atoms with E-state index in [1.54, 1.807) is 18.5 Å². The Morgan fingerprint density at radius 3 is 2.50 bits per heavy atom. The Hall–Kier alpha value is -1.41. The van der Waals surface area contributed by atoms with Crippen LogP contribution in [-0.2, 0) is 26.1 Å². The number of carbonyl (C=O) groups excluding carboxylic acids is 1. The van der Waals surface area contributed by atoms with Gasteiger partial charge in [0.05, 0.1) is 24.4 Å². The number of nitrogens with zero attached hydrogens (tertiary/aromatic N) is 3. The Bertz CT molecular complexity index is 631. The van der Waals surface area contributed by atoms with Gasteiger partial charge in [-0.1, -0.05) is 0 Å². The predicted molar refractivity (Wildman–Crippen MR) is 80.8 cm³/mol. The molecular formula is C14H23N3O4S. The van der Waals surface area contributed by atoms with Crippen LogP contribution in [-0.4, -0.2) is 48.2 Å². The molecule has 0 N–H and O–H groups in total. The minimum atomic E-state index is -3.55. The fraction of sp³-hybridized carbons (Fsp3) is 0.714. The smallest absolute Gasteiger partial charge is 0.309 e. The van der Waals surface area contributed by atoms with E-state index in [-0.39, 0.29) is 16.8 Å². The third-order valence-corrected chi connectivity index (χ3v) is 6.05. The molecule has 1 aliphatic rings. The van der Waals surface area contributed by atoms with E-state index >= 15 is 0 Å². The third kappa shape index (κ3) is 3.17. The van der Waals surface area contributed by atoms with Crippen LogP contribution < -0.4 is 0 Å². The lowest BCUT2D eigenvalue weighted by Gasteiger charge is -2.29. The van der Waals surface area contributed by atoms with Crippen molar-refractivity contribution in [1.29, 1.82) is 0 Å². The number of sulfonamides is 1. The average Bonchev–Trinajstić information content (AvgIpc) is 2.89. The van der Waals surface area contributed by atoms with Crippen molar-refractivity contribution in [3.8, 4) is 0 Å². The Balaban J connectivity index is 2.09. The van der Waals surface area contributed by atoms with Gasteiger partial charge >= 0.3 is 5.97 Å². The van der Waals surface area contributed by atoms with Crippen LogP contribution in [0.2, 0.25) is 0 Å². The molecular weight excluding hydrogens is 306 g/mol. The first kappa shape index (κ1) is 17.0. The maximum Gasteiger partial charge on any atom is 0.309 e. The van der Waals surface area contributed by atoms with E-state index in [0.29, 0.717) is 44.8 Å². The highest BCUT2D eigenvalue weighted by Gasteiger charge is 2.34. The zero-order valence-electron chi connectivity index (χ0n) is 13.3. The first-order valence-electron chi connectivity index (χ1n) is 7.61. The highest BCUT2D eigenvalue weighted by molar-refractivity contribution is 7.89. The molecule has 124 valence electrons. The SMILES string of the molecule is CCOC(=O)C1CCN(S(=O)(=O)c2cnn(CC)c2C)CC1. The summed E-state index contributed by atoms with van der Waals surface area (Å²) in [4.78, 5) is 12.0. The standard InChI is InChI=1S/C14H23N3O4S/c1-4-17-11(3)13(10-15-17)22(19,20)16-8-6-12(7-9-16)14(18)21-5-2/h10,12H,4-9H2,1-3H3. The number of esters is 1. The number of hydrogen-bond donors (Lipinski definition) is 0. The molecule has 7 nitrogen and oxygen atoms in total. The number of ether oxygens (including phenoxy) is 1. The van der Waals surface area contributed by atoms with Crippen LogP contribution in [0.3, 0.4) is 0 Å². The molecule has 0 aliphatic carbocycles. The van der Waals surface area contributed by atoms with Crippen molar-refractivity contribution in [2.75, 3.05) is 19.7 Å². The van der Waals surface area contributed by atoms with Crippen LogP contribution in [0.25, 0.3) is 0 Å². The second-order valence-corrected chi connectivity index (χ2v) is 7.25. The summed E-state index contributed by atoms with van der Waals surface area (Å²) >= 11 is 0. The summed E-state index contributed by atoms with van der Waals surface area (Å²) in [5.74, 6) is -0.430. The number of piperidine rings is 1. The quantitative estimate of drug-likeness (QED) is 0.758. The molecule has 1 aliphatic heterocycles. The van der Waals surface area contributed by atoms with Crippen LogP contribution in [0.4, 0.5) is 0 Å². The molecule has 2 rings (SSSR count). The Morgan fingerprint density at radius 1 is 1.36 bits per heavy atom. The van der Waals surface area contributed by atoms with E-state index in [0.717, 1.165) is 0 Å². The van der Waals surface area contributed by atoms with Gasteiger partial charge in [-0.15, -0.1) is 0 Å². The van der Waals surface area contributed by atoms with Crippen molar-refractivity contribution in [2.24, 2.45) is 5.92 Å². The first-order chi connectivity index (χ1) is 10.4. The molecule has 2 heterocycles. The van der Waals surface area contributed by atoms with Crippen LogP contribution in [0, 0.1) is 12.8 Å². The van der Waals surface area contributed by atoms with Crippen LogP contribution in [0.15, 0.2) is 11.1 Å². The summed E-state index contributed by atoms with van der Waals surface area (Å²) in [6.45, 7) is 7.10. The van der Waals surface area contributed by atoms with E-state index in [9.17, 15) is 13.2 Å². The van der Waals surface area contributed by atoms with E-state index in [1.807, 2.05) is 6.92 Å². The molecule has 0 spiro atoms. The van der Waals surface area contributed by atoms with Crippen LogP contribution in [0.5, 0.6) is 0 Å². The molecule has 0 bridgehead atoms. The summed E-state index contributed by atoms with van der Waals surface area (Å²) in [5.41, 5.74) is 0.648. The van der Waals surface area contributed by atoms with Gasteiger partial charge < -0.3 is 4.74 Å². The second kappa shape index (κ2) is 6.78. The first-order valence-corrected chi connectivity index (χ1v) is 9.05. The molecule has 1 aromatic heterocycles. The normalized spacial score (nSPS) is 17.6. The van der Waals surface area contributed by atoms with E-state index in [2.05, 4.69) is 5.10 Å². The van der Waals surface area contributed by atoms with Gasteiger partial charge in [0.25, 0.3) is 0 Å². The minimum absolute atomic E-state index is 0.203. The summed E-state index contributed by atoms with van der Waals surface area (Å²) < 4.78 is 33.5. The molecule has 0 amide bonds. The Labute approximate surface area is 131 Å². The van der Waals surface area contributed by atoms with Crippen molar-refractivity contribution >= 4 is 16.0 Å². The van der Waals surface area contributed by atoms with Gasteiger partial charge in [-0.2, -0.15) is 9.40 Å². The highest BCUT2D eigenvalue weighted by Crippen LogP contribution is 2.26. The van der Waals surface area contributed by atoms with Gasteiger partial charge in [0, 0.05) is 19.6 Å². The molecule has 8 heteroatoms. The lowest BCUT2D eigenvalue weighted by atomic mass is 9.98. The van der Waals surface area contributed by atoms with Crippen molar-refractivity contribution in [2.45, 2.75) is 45.1 Å². The molecule has 0 radical (unpaired) electrons. The van der Waals surface area contributed by atoms with E-state index < -0.39 is 10.0 Å². The number of aromatic nitrogens is 2. The van der Waals surface area contributed by atoms with Crippen molar-refractivity contribution in [3.63, 3.8) is 0 Å². The molecule has 1 aromatic rings. The molecule has 22 heavy (non-hydrogen) atoms. The average molecular weight is 329 g/mol. The second-order valence-electron chi connectivity index (χ2n) is 5.34. The predicted octanol–water partition coefficient (Wildman–Crippen LogP) is 1.18. The van der Waals surface area contributed by atoms with Crippen LogP contribution >= 0.6 is 0 Å². The Kier molecular flexibility index (Phi) is 5.23. The fourth-order valence-electron chi connectivity index (χ4n) is 2.73. The van der Waals surface area contributed by atoms with Gasteiger partial charge in [-0.3, -0.25) is 9.48 Å². The third-order valence-electron chi connectivity index (χ3n) is 4.05. The molecule has 0 atom stereocenters. The molecule has 1 fully saturated rings. The minimum Gasteiger partial charge on any atom is -0.466 e. The Morgan fingerprint density at radius 2 is 2.00 bits per heavy atom. The van der Waals surface area contributed by atoms with Crippen molar-refractivity contribution < 1.29 is 17.9 Å². The summed E-state index contributed by atoms with van der Waals surface area (Å²) in [7, 11) is -3.55. The van der Waals surface area contributed by atoms with E-state index in [4.69, 9.17) is 4.74 Å². The van der Waals surface area contributed by atoms with Gasteiger partial charge in [-0.25, -0.2) is 8.42 Å². The van der Waals surface area contributed by atoms with E-state index in [1.165, 1.54) is 10.5 Å². The molecule has 0 saturated carbocycles. The van der Waals surface area contributed by atoms with Gasteiger partial charge in [-0.05, 0) is 33.6 Å². The van der Waals surface area contributed by atoms with Crippen molar-refractivity contribution in [3.05, 3.63) is 11.9 Å². The maximum absolute atomic E-state index is 12.7. The highest BCUT2D eigenvalue weighted by atomic mass is 32.2. The molecule has 0 unspecified atom stereocenters. The summed E-state index contributed by atoms with van der Waals surface area (Å²) in [6, 6.07) is 0. The summed E-state index contributed by atoms with van der Waals surface area (Å²) in [5, 5.41) is 4.10. The lowest BCUT2D eigenvalue weighted by molar-refractivity contribution is -0.149. The van der Waals surface area contributed by atoms with Crippen molar-refractivity contribution in [1.82, 2.24) is 14.1 Å². The van der Waals surface area contributed by atoms with Gasteiger partial charge in [0.2, 0.25) is 10.0 Å². The number of aryl methyl sites for hydroxylation is 1. The topological polar surface area (TPSA) is 81.5 Å². The zero-order valence-corrected chi connectivity index (χ0v) is 14.1. The summed E-state index contributed by atoms with van der Waals surface area (Å²) in [6.07, 6.45) is 2.41. The van der Waals surface area contributed by atoms with Crippen LogP contribution in [0.1, 0.15) is 32.4 Å². The maximum atomic E-state index is 12.7. The molecule has 0 aromatic carbocycles. The van der Waals surface area contributed by atoms with Gasteiger partial charge in [0.1, 0.15) is 4.90 Å². The lowest BCUT2D eigenvalue weighted by Crippen LogP contribution is -2.40. The van der Waals surface area contributed by atoms with Gasteiger partial charge in [0.15, 0.2) is 0 Å². The number of rotatable bonds is 5. The fourth-order valence-corrected chi connectivity index (χ4v) is 4.36. The monoisotopic (exact) mass is 329 g/mol. The largest absolute Gasteiger partial charge is 0.466 e. The zero-order chi connectivity index (χ0) is 16.3.